The Balaban J connectivity index is 1.61. The van der Waals surface area contributed by atoms with E-state index in [0.717, 1.165) is 6.07 Å². The topological polar surface area (TPSA) is 149 Å². The van der Waals surface area contributed by atoms with Crippen LogP contribution in [0.3, 0.4) is 0 Å². The predicted molar refractivity (Wildman–Crippen MR) is 164 cm³/mol. The van der Waals surface area contributed by atoms with Crippen LogP contribution in [0.2, 0.25) is 0 Å². The van der Waals surface area contributed by atoms with E-state index in [1.165, 1.54) is 39.5 Å². The second-order valence-corrected chi connectivity index (χ2v) is 10.0. The molecule has 10 nitrogen and oxygen atoms in total. The van der Waals surface area contributed by atoms with Gasteiger partial charge in [-0.3, -0.25) is 9.59 Å². The van der Waals surface area contributed by atoms with Crippen molar-refractivity contribution in [3.63, 3.8) is 0 Å². The van der Waals surface area contributed by atoms with Crippen LogP contribution in [0.5, 0.6) is 34.5 Å². The summed E-state index contributed by atoms with van der Waals surface area (Å²) < 4.78 is 28.4. The quantitative estimate of drug-likeness (QED) is 0.199. The summed E-state index contributed by atoms with van der Waals surface area (Å²) in [5.74, 6) is 0.509. The van der Waals surface area contributed by atoms with E-state index in [0.29, 0.717) is 33.9 Å². The maximum atomic E-state index is 13.3. The van der Waals surface area contributed by atoms with Crippen LogP contribution in [0.4, 0.5) is 0 Å². The van der Waals surface area contributed by atoms with Crippen molar-refractivity contribution in [1.82, 2.24) is 0 Å². The number of rotatable bonds is 6. The molecular weight excluding hydrogens is 568 g/mol. The molecule has 0 aliphatic carbocycles. The van der Waals surface area contributed by atoms with Gasteiger partial charge in [-0.25, -0.2) is 0 Å². The van der Waals surface area contributed by atoms with Crippen LogP contribution in [0.15, 0.2) is 85.2 Å². The van der Waals surface area contributed by atoms with Crippen molar-refractivity contribution in [2.24, 2.45) is 0 Å². The van der Waals surface area contributed by atoms with Gasteiger partial charge >= 0.3 is 0 Å². The normalized spacial score (nSPS) is 11.2. The summed E-state index contributed by atoms with van der Waals surface area (Å²) in [5.41, 5.74) is 0.748. The number of hydrogen-bond donors (Lipinski definition) is 3. The van der Waals surface area contributed by atoms with Gasteiger partial charge in [0.25, 0.3) is 0 Å². The van der Waals surface area contributed by atoms with Gasteiger partial charge in [-0.15, -0.1) is 0 Å². The lowest BCUT2D eigenvalue weighted by Gasteiger charge is -2.15. The van der Waals surface area contributed by atoms with Crippen molar-refractivity contribution >= 4 is 21.9 Å². The molecule has 0 aliphatic heterocycles. The van der Waals surface area contributed by atoms with Crippen LogP contribution >= 0.6 is 0 Å². The lowest BCUT2D eigenvalue weighted by Crippen LogP contribution is -2.03. The highest BCUT2D eigenvalue weighted by atomic mass is 16.5. The SMILES string of the molecule is COc1ccc(-c2cc(=O)c3c(O)cc(O)c(-c4cc(-c5cc(=O)c6c(O)c(C)c(OC)cc6o5)ccc4OC)c3o2)cc1. The molecule has 10 heteroatoms. The number of phenols is 3. The summed E-state index contributed by atoms with van der Waals surface area (Å²) in [6.07, 6.45) is 0. The van der Waals surface area contributed by atoms with Gasteiger partial charge in [0.1, 0.15) is 62.4 Å². The van der Waals surface area contributed by atoms with E-state index in [2.05, 4.69) is 0 Å². The summed E-state index contributed by atoms with van der Waals surface area (Å²) in [6.45, 7) is 1.63. The molecule has 0 saturated heterocycles. The summed E-state index contributed by atoms with van der Waals surface area (Å²) in [5, 5.41) is 32.3. The number of phenolic OH excluding ortho intramolecular Hbond substituents is 3. The largest absolute Gasteiger partial charge is 0.507 e. The molecule has 0 fully saturated rings. The van der Waals surface area contributed by atoms with Crippen LogP contribution in [0.1, 0.15) is 5.56 Å². The zero-order valence-electron chi connectivity index (χ0n) is 24.1. The minimum absolute atomic E-state index is 0.01000. The van der Waals surface area contributed by atoms with E-state index < -0.39 is 16.6 Å². The summed E-state index contributed by atoms with van der Waals surface area (Å²) in [4.78, 5) is 26.4. The van der Waals surface area contributed by atoms with Gasteiger partial charge in [-0.1, -0.05) is 0 Å². The minimum atomic E-state index is -0.532. The second-order valence-electron chi connectivity index (χ2n) is 10.0. The Morgan fingerprint density at radius 3 is 1.93 bits per heavy atom. The zero-order chi connectivity index (χ0) is 31.3. The number of ether oxygens (including phenoxy) is 3. The van der Waals surface area contributed by atoms with Crippen LogP contribution < -0.4 is 25.1 Å². The smallest absolute Gasteiger partial charge is 0.197 e. The third-order valence-electron chi connectivity index (χ3n) is 7.51. The molecule has 44 heavy (non-hydrogen) atoms. The Morgan fingerprint density at radius 2 is 1.27 bits per heavy atom. The van der Waals surface area contributed by atoms with Gasteiger partial charge in [0.2, 0.25) is 0 Å². The third kappa shape index (κ3) is 4.53. The summed E-state index contributed by atoms with van der Waals surface area (Å²) in [7, 11) is 4.41. The van der Waals surface area contributed by atoms with E-state index in [4.69, 9.17) is 23.0 Å². The number of benzene rings is 4. The number of methoxy groups -OCH3 is 3. The Bertz CT molecular complexity index is 2210. The first-order chi connectivity index (χ1) is 21.1. The van der Waals surface area contributed by atoms with Gasteiger partial charge < -0.3 is 38.4 Å². The van der Waals surface area contributed by atoms with E-state index in [-0.39, 0.29) is 56.1 Å². The van der Waals surface area contributed by atoms with Crippen molar-refractivity contribution in [3.8, 4) is 68.3 Å². The van der Waals surface area contributed by atoms with Gasteiger partial charge in [0.05, 0.1) is 26.9 Å². The number of fused-ring (bicyclic) bond motifs is 2. The van der Waals surface area contributed by atoms with Crippen LogP contribution in [-0.4, -0.2) is 36.6 Å². The van der Waals surface area contributed by atoms with Gasteiger partial charge in [-0.2, -0.15) is 0 Å². The maximum Gasteiger partial charge on any atom is 0.197 e. The molecule has 0 atom stereocenters. The first-order valence-corrected chi connectivity index (χ1v) is 13.4. The number of hydrogen-bond acceptors (Lipinski definition) is 10. The summed E-state index contributed by atoms with van der Waals surface area (Å²) >= 11 is 0. The lowest BCUT2D eigenvalue weighted by molar-refractivity contribution is 0.403. The standard InChI is InChI=1S/C34H26O10/c1-16-26(42-4)15-29-32(33(16)39)24(38)14-28(43-29)18-7-10-25(41-3)20(11-18)30-21(35)12-22(36)31-23(37)13-27(44-34(30)31)17-5-8-19(40-2)9-6-17/h5-15,35-36,39H,1-4H3. The Morgan fingerprint density at radius 1 is 0.636 bits per heavy atom. The van der Waals surface area contributed by atoms with Crippen LogP contribution in [0, 0.1) is 6.92 Å². The highest BCUT2D eigenvalue weighted by Crippen LogP contribution is 2.46. The van der Waals surface area contributed by atoms with Crippen molar-refractivity contribution in [2.45, 2.75) is 6.92 Å². The van der Waals surface area contributed by atoms with E-state index in [1.54, 1.807) is 49.4 Å². The van der Waals surface area contributed by atoms with Crippen LogP contribution in [-0.2, 0) is 0 Å². The molecular formula is C34H26O10. The zero-order valence-corrected chi connectivity index (χ0v) is 24.1. The monoisotopic (exact) mass is 594 g/mol. The molecule has 222 valence electrons. The Kier molecular flexibility index (Phi) is 6.89. The van der Waals surface area contributed by atoms with Crippen LogP contribution in [0.25, 0.3) is 55.7 Å². The molecule has 0 saturated carbocycles. The Labute approximate surface area is 249 Å². The highest BCUT2D eigenvalue weighted by Gasteiger charge is 2.23. The molecule has 2 heterocycles. The van der Waals surface area contributed by atoms with Crippen molar-refractivity contribution < 1.29 is 38.4 Å². The molecule has 0 bridgehead atoms. The fourth-order valence-electron chi connectivity index (χ4n) is 5.25. The third-order valence-corrected chi connectivity index (χ3v) is 7.51. The van der Waals surface area contributed by atoms with E-state index in [9.17, 15) is 24.9 Å². The molecule has 4 aromatic carbocycles. The molecule has 3 N–H and O–H groups in total. The molecule has 6 rings (SSSR count). The predicted octanol–water partition coefficient (Wildman–Crippen LogP) is 6.35. The molecule has 0 spiro atoms. The molecule has 0 aliphatic rings. The molecule has 0 amide bonds. The first-order valence-electron chi connectivity index (χ1n) is 13.4. The van der Waals surface area contributed by atoms with Gasteiger partial charge in [-0.05, 0) is 49.4 Å². The maximum absolute atomic E-state index is 13.3. The molecule has 0 unspecified atom stereocenters. The van der Waals surface area contributed by atoms with E-state index >= 15 is 0 Å². The molecule has 6 aromatic rings. The van der Waals surface area contributed by atoms with Gasteiger partial charge in [0, 0.05) is 46.5 Å². The van der Waals surface area contributed by atoms with E-state index in [1.807, 2.05) is 0 Å². The van der Waals surface area contributed by atoms with Crippen molar-refractivity contribution in [2.75, 3.05) is 21.3 Å². The van der Waals surface area contributed by atoms with Crippen molar-refractivity contribution in [3.05, 3.63) is 92.7 Å². The first kappa shape index (κ1) is 28.2. The molecule has 2 aromatic heterocycles. The average molecular weight is 595 g/mol. The second kappa shape index (κ2) is 10.7. The fourth-order valence-corrected chi connectivity index (χ4v) is 5.25. The minimum Gasteiger partial charge on any atom is -0.507 e. The number of aromatic hydroxyl groups is 3. The highest BCUT2D eigenvalue weighted by molar-refractivity contribution is 6.01. The average Bonchev–Trinajstić information content (AvgIpc) is 3.02. The van der Waals surface area contributed by atoms with Crippen molar-refractivity contribution in [1.29, 1.82) is 0 Å². The molecule has 0 radical (unpaired) electrons. The lowest BCUT2D eigenvalue weighted by atomic mass is 9.96. The fraction of sp³-hybridized carbons (Fsp3) is 0.118. The van der Waals surface area contributed by atoms with Gasteiger partial charge in [0.15, 0.2) is 16.4 Å². The Hall–Kier alpha value is -5.90. The summed E-state index contributed by atoms with van der Waals surface area (Å²) in [6, 6.07) is 16.8.